The Morgan fingerprint density at radius 3 is 2.79 bits per heavy atom. The van der Waals surface area contributed by atoms with Crippen LogP contribution in [0.4, 0.5) is 18.9 Å². The second-order valence-electron chi connectivity index (χ2n) is 5.95. The maximum atomic E-state index is 13.2. The molecule has 4 rings (SSSR count). The van der Waals surface area contributed by atoms with Gasteiger partial charge in [-0.1, -0.05) is 35.5 Å². The number of para-hydroxylation sites is 2. The van der Waals surface area contributed by atoms with Gasteiger partial charge in [-0.2, -0.15) is 13.2 Å². The summed E-state index contributed by atoms with van der Waals surface area (Å²) in [6.45, 7) is 0. The number of carbonyl (C=O) groups excluding carboxylic acids is 1. The summed E-state index contributed by atoms with van der Waals surface area (Å²) in [6.07, 6.45) is -3.11. The van der Waals surface area contributed by atoms with Crippen molar-refractivity contribution in [1.82, 2.24) is 19.6 Å². The van der Waals surface area contributed by atoms with E-state index in [1.165, 1.54) is 12.4 Å². The molecule has 11 heteroatoms. The number of hydrogen-bond donors (Lipinski definition) is 1. The zero-order valence-electron chi connectivity index (χ0n) is 14.4. The second kappa shape index (κ2) is 7.53. The molecule has 148 valence electrons. The number of nitrogens with one attached hydrogen (secondary N) is 1. The van der Waals surface area contributed by atoms with Gasteiger partial charge in [0, 0.05) is 5.02 Å². The minimum absolute atomic E-state index is 0.0701. The third-order valence-electron chi connectivity index (χ3n) is 4.00. The molecule has 0 bridgehead atoms. The van der Waals surface area contributed by atoms with Gasteiger partial charge in [-0.15, -0.1) is 10.2 Å². The second-order valence-corrected chi connectivity index (χ2v) is 7.36. The normalized spacial score (nSPS) is 11.9. The molecule has 0 aliphatic rings. The Hall–Kier alpha value is -2.85. The van der Waals surface area contributed by atoms with Gasteiger partial charge in [0.2, 0.25) is 5.91 Å². The van der Waals surface area contributed by atoms with Crippen LogP contribution in [0.1, 0.15) is 5.56 Å². The minimum atomic E-state index is -4.64. The molecule has 2 aromatic heterocycles. The van der Waals surface area contributed by atoms with Crippen molar-refractivity contribution in [3.05, 3.63) is 59.4 Å². The standard InChI is InChI=1S/C18H11ClF3N5OS/c19-10-5-6-12(11(7-10)18(20,21)22)24-15(28)8-29-17-16-26-23-9-27(16)14-4-2-1-3-13(14)25-17/h1-7,9H,8H2,(H,24,28). The molecular weight excluding hydrogens is 427 g/mol. The summed E-state index contributed by atoms with van der Waals surface area (Å²) in [5.74, 6) is -0.774. The quantitative estimate of drug-likeness (QED) is 0.469. The van der Waals surface area contributed by atoms with Gasteiger partial charge in [0.25, 0.3) is 0 Å². The summed E-state index contributed by atoms with van der Waals surface area (Å²) in [5, 5.41) is 10.6. The van der Waals surface area contributed by atoms with E-state index in [0.717, 1.165) is 29.4 Å². The Kier molecular flexibility index (Phi) is 5.05. The van der Waals surface area contributed by atoms with Crippen LogP contribution < -0.4 is 5.32 Å². The van der Waals surface area contributed by atoms with Crippen molar-refractivity contribution >= 4 is 51.6 Å². The summed E-state index contributed by atoms with van der Waals surface area (Å²) in [7, 11) is 0. The van der Waals surface area contributed by atoms with Gasteiger partial charge >= 0.3 is 6.18 Å². The number of nitrogens with zero attached hydrogens (tertiary/aromatic N) is 4. The first-order valence-corrected chi connectivity index (χ1v) is 9.57. The number of rotatable bonds is 4. The molecule has 0 radical (unpaired) electrons. The predicted molar refractivity (Wildman–Crippen MR) is 104 cm³/mol. The Balaban J connectivity index is 1.56. The van der Waals surface area contributed by atoms with Crippen LogP contribution >= 0.6 is 23.4 Å². The number of anilines is 1. The van der Waals surface area contributed by atoms with E-state index in [0.29, 0.717) is 16.2 Å². The average molecular weight is 438 g/mol. The zero-order valence-corrected chi connectivity index (χ0v) is 16.0. The van der Waals surface area contributed by atoms with Crippen LogP contribution in [0.3, 0.4) is 0 Å². The molecule has 6 nitrogen and oxygen atoms in total. The molecule has 0 unspecified atom stereocenters. The molecule has 0 fully saturated rings. The van der Waals surface area contributed by atoms with E-state index >= 15 is 0 Å². The summed E-state index contributed by atoms with van der Waals surface area (Å²) < 4.78 is 41.3. The van der Waals surface area contributed by atoms with E-state index in [9.17, 15) is 18.0 Å². The molecule has 0 aliphatic heterocycles. The molecule has 1 amide bonds. The number of amides is 1. The van der Waals surface area contributed by atoms with Crippen LogP contribution in [-0.2, 0) is 11.0 Å². The number of benzene rings is 2. The molecule has 1 N–H and O–H groups in total. The van der Waals surface area contributed by atoms with E-state index in [4.69, 9.17) is 11.6 Å². The molecule has 0 aliphatic carbocycles. The third-order valence-corrected chi connectivity index (χ3v) is 5.19. The summed E-state index contributed by atoms with van der Waals surface area (Å²) in [5.41, 5.74) is 0.583. The summed E-state index contributed by atoms with van der Waals surface area (Å²) in [4.78, 5) is 16.8. The van der Waals surface area contributed by atoms with Crippen LogP contribution in [0.5, 0.6) is 0 Å². The fraction of sp³-hybridized carbons (Fsp3) is 0.111. The highest BCUT2D eigenvalue weighted by Crippen LogP contribution is 2.36. The van der Waals surface area contributed by atoms with E-state index < -0.39 is 17.6 Å². The highest BCUT2D eigenvalue weighted by atomic mass is 35.5. The molecule has 29 heavy (non-hydrogen) atoms. The number of hydrogen-bond acceptors (Lipinski definition) is 5. The van der Waals surface area contributed by atoms with E-state index in [1.807, 2.05) is 24.3 Å². The first-order chi connectivity index (χ1) is 13.8. The van der Waals surface area contributed by atoms with Gasteiger partial charge in [-0.3, -0.25) is 9.20 Å². The number of thioether (sulfide) groups is 1. The molecule has 2 heterocycles. The molecule has 2 aromatic carbocycles. The van der Waals surface area contributed by atoms with Gasteiger partial charge in [0.05, 0.1) is 28.0 Å². The average Bonchev–Trinajstić information content (AvgIpc) is 3.17. The van der Waals surface area contributed by atoms with E-state index in [2.05, 4.69) is 20.5 Å². The number of aromatic nitrogens is 4. The molecule has 4 aromatic rings. The van der Waals surface area contributed by atoms with Crippen molar-refractivity contribution in [3.8, 4) is 0 Å². The first-order valence-electron chi connectivity index (χ1n) is 8.21. The first kappa shape index (κ1) is 19.5. The van der Waals surface area contributed by atoms with Crippen molar-refractivity contribution in [1.29, 1.82) is 0 Å². The molecule has 0 saturated heterocycles. The van der Waals surface area contributed by atoms with Crippen molar-refractivity contribution in [2.24, 2.45) is 0 Å². The van der Waals surface area contributed by atoms with Crippen LogP contribution in [-0.4, -0.2) is 31.2 Å². The zero-order chi connectivity index (χ0) is 20.6. The lowest BCUT2D eigenvalue weighted by Gasteiger charge is -2.14. The summed E-state index contributed by atoms with van der Waals surface area (Å²) in [6, 6.07) is 10.5. The fourth-order valence-corrected chi connectivity index (χ4v) is 3.70. The van der Waals surface area contributed by atoms with Gasteiger partial charge in [0.15, 0.2) is 5.65 Å². The van der Waals surface area contributed by atoms with Crippen LogP contribution in [0.15, 0.2) is 53.8 Å². The highest BCUT2D eigenvalue weighted by Gasteiger charge is 2.34. The van der Waals surface area contributed by atoms with Crippen LogP contribution in [0.25, 0.3) is 16.7 Å². The lowest BCUT2D eigenvalue weighted by atomic mass is 10.1. The lowest BCUT2D eigenvalue weighted by Crippen LogP contribution is -2.18. The summed E-state index contributed by atoms with van der Waals surface area (Å²) >= 11 is 6.71. The number of halogens is 4. The lowest BCUT2D eigenvalue weighted by molar-refractivity contribution is -0.137. The Labute approximate surface area is 171 Å². The van der Waals surface area contributed by atoms with Crippen molar-refractivity contribution in [2.75, 3.05) is 11.1 Å². The number of fused-ring (bicyclic) bond motifs is 3. The fourth-order valence-electron chi connectivity index (χ4n) is 2.76. The molecular formula is C18H11ClF3N5OS. The maximum absolute atomic E-state index is 13.2. The smallest absolute Gasteiger partial charge is 0.325 e. The predicted octanol–water partition coefficient (Wildman–Crippen LogP) is 4.68. The third kappa shape index (κ3) is 3.99. The van der Waals surface area contributed by atoms with Crippen molar-refractivity contribution in [2.45, 2.75) is 11.2 Å². The maximum Gasteiger partial charge on any atom is 0.418 e. The van der Waals surface area contributed by atoms with Gasteiger partial charge in [0.1, 0.15) is 11.4 Å². The van der Waals surface area contributed by atoms with Gasteiger partial charge in [-0.05, 0) is 30.3 Å². The van der Waals surface area contributed by atoms with Gasteiger partial charge in [-0.25, -0.2) is 4.98 Å². The Morgan fingerprint density at radius 1 is 1.21 bits per heavy atom. The Morgan fingerprint density at radius 2 is 2.00 bits per heavy atom. The number of alkyl halides is 3. The van der Waals surface area contributed by atoms with Gasteiger partial charge < -0.3 is 5.32 Å². The van der Waals surface area contributed by atoms with E-state index in [-0.39, 0.29) is 16.5 Å². The largest absolute Gasteiger partial charge is 0.418 e. The Bertz CT molecular complexity index is 1230. The molecule has 0 spiro atoms. The minimum Gasteiger partial charge on any atom is -0.325 e. The van der Waals surface area contributed by atoms with Crippen molar-refractivity contribution in [3.63, 3.8) is 0 Å². The van der Waals surface area contributed by atoms with Crippen LogP contribution in [0, 0.1) is 0 Å². The molecule has 0 atom stereocenters. The molecule has 0 saturated carbocycles. The highest BCUT2D eigenvalue weighted by molar-refractivity contribution is 8.00. The SMILES string of the molecule is O=C(CSc1nc2ccccc2n2cnnc12)Nc1ccc(Cl)cc1C(F)(F)F. The van der Waals surface area contributed by atoms with Crippen molar-refractivity contribution < 1.29 is 18.0 Å². The number of carbonyl (C=O) groups is 1. The topological polar surface area (TPSA) is 72.2 Å². The van der Waals surface area contributed by atoms with E-state index in [1.54, 1.807) is 4.40 Å². The van der Waals surface area contributed by atoms with Crippen LogP contribution in [0.2, 0.25) is 5.02 Å². The monoisotopic (exact) mass is 437 g/mol.